The highest BCUT2D eigenvalue weighted by Crippen LogP contribution is 2.36. The molecule has 0 unspecified atom stereocenters. The summed E-state index contributed by atoms with van der Waals surface area (Å²) in [6.07, 6.45) is 1.79. The Balaban J connectivity index is 1.64. The molecule has 3 aromatic carbocycles. The highest BCUT2D eigenvalue weighted by atomic mass is 16.5. The highest BCUT2D eigenvalue weighted by Gasteiger charge is 2.13. The number of methoxy groups -OCH3 is 1. The molecule has 0 atom stereocenters. The zero-order valence-electron chi connectivity index (χ0n) is 15.8. The Bertz CT molecular complexity index is 1310. The number of hydrogen-bond donors (Lipinski definition) is 1. The van der Waals surface area contributed by atoms with Crippen LogP contribution in [0.25, 0.3) is 32.6 Å². The van der Waals surface area contributed by atoms with Gasteiger partial charge in [0.1, 0.15) is 12.4 Å². The Hall–Kier alpha value is -3.53. The first-order chi connectivity index (χ1) is 13.7. The number of H-pyrrole nitrogens is 1. The van der Waals surface area contributed by atoms with Crippen molar-refractivity contribution in [1.29, 1.82) is 0 Å². The van der Waals surface area contributed by atoms with Crippen molar-refractivity contribution >= 4 is 32.6 Å². The average molecular weight is 368 g/mol. The lowest BCUT2D eigenvalue weighted by molar-refractivity contribution is 0.306. The van der Waals surface area contributed by atoms with Gasteiger partial charge in [0.05, 0.1) is 12.6 Å². The summed E-state index contributed by atoms with van der Waals surface area (Å²) in [5.41, 5.74) is 4.57. The number of fused-ring (bicyclic) bond motifs is 4. The summed E-state index contributed by atoms with van der Waals surface area (Å²) in [6, 6.07) is 20.6. The lowest BCUT2D eigenvalue weighted by Gasteiger charge is -2.08. The molecule has 1 N–H and O–H groups in total. The van der Waals surface area contributed by atoms with Crippen LogP contribution in [0.3, 0.4) is 0 Å². The van der Waals surface area contributed by atoms with Gasteiger partial charge in [0.15, 0.2) is 0 Å². The Morgan fingerprint density at radius 3 is 2.57 bits per heavy atom. The fraction of sp³-hybridized carbons (Fsp3) is 0.125. The normalized spacial score (nSPS) is 11.4. The van der Waals surface area contributed by atoms with Crippen molar-refractivity contribution in [2.24, 2.45) is 0 Å². The van der Waals surface area contributed by atoms with Crippen molar-refractivity contribution in [2.75, 3.05) is 7.11 Å². The van der Waals surface area contributed by atoms with E-state index >= 15 is 0 Å². The van der Waals surface area contributed by atoms with Gasteiger partial charge in [-0.15, -0.1) is 0 Å². The molecule has 0 fully saturated rings. The molecule has 0 bridgehead atoms. The third-order valence-electron chi connectivity index (χ3n) is 5.27. The topological polar surface area (TPSA) is 47.1 Å². The molecule has 0 amide bonds. The number of aromatic nitrogens is 2. The van der Waals surface area contributed by atoms with E-state index in [0.717, 1.165) is 43.9 Å². The van der Waals surface area contributed by atoms with Crippen molar-refractivity contribution in [3.8, 4) is 11.6 Å². The second kappa shape index (κ2) is 6.57. The predicted octanol–water partition coefficient (Wildman–Crippen LogP) is 5.77. The van der Waals surface area contributed by atoms with Crippen LogP contribution in [0.15, 0.2) is 66.9 Å². The first-order valence-electron chi connectivity index (χ1n) is 9.29. The maximum atomic E-state index is 6.03. The third-order valence-corrected chi connectivity index (χ3v) is 5.27. The molecule has 0 aliphatic rings. The molecule has 138 valence electrons. The van der Waals surface area contributed by atoms with Crippen molar-refractivity contribution in [2.45, 2.75) is 13.5 Å². The predicted molar refractivity (Wildman–Crippen MR) is 113 cm³/mol. The molecule has 2 aromatic heterocycles. The maximum absolute atomic E-state index is 6.03. The summed E-state index contributed by atoms with van der Waals surface area (Å²) < 4.78 is 11.5. The van der Waals surface area contributed by atoms with Crippen LogP contribution in [-0.2, 0) is 6.61 Å². The van der Waals surface area contributed by atoms with Crippen molar-refractivity contribution in [3.05, 3.63) is 78.0 Å². The van der Waals surface area contributed by atoms with E-state index in [-0.39, 0.29) is 0 Å². The van der Waals surface area contributed by atoms with Gasteiger partial charge in [-0.1, -0.05) is 30.3 Å². The molecule has 0 spiro atoms. The van der Waals surface area contributed by atoms with E-state index in [1.807, 2.05) is 30.3 Å². The van der Waals surface area contributed by atoms with E-state index < -0.39 is 0 Å². The van der Waals surface area contributed by atoms with Crippen molar-refractivity contribution in [1.82, 2.24) is 9.97 Å². The number of nitrogens with zero attached hydrogens (tertiary/aromatic N) is 1. The molecule has 0 aliphatic heterocycles. The lowest BCUT2D eigenvalue weighted by Crippen LogP contribution is -1.94. The minimum atomic E-state index is 0.550. The van der Waals surface area contributed by atoms with Gasteiger partial charge in [0.2, 0.25) is 5.88 Å². The van der Waals surface area contributed by atoms with Gasteiger partial charge in [0.25, 0.3) is 0 Å². The van der Waals surface area contributed by atoms with Gasteiger partial charge < -0.3 is 14.5 Å². The van der Waals surface area contributed by atoms with Gasteiger partial charge >= 0.3 is 0 Å². The number of rotatable bonds is 4. The van der Waals surface area contributed by atoms with Crippen LogP contribution in [0.5, 0.6) is 11.6 Å². The number of aromatic amines is 1. The smallest absolute Gasteiger partial charge is 0.221 e. The summed E-state index contributed by atoms with van der Waals surface area (Å²) in [5.74, 6) is 1.50. The van der Waals surface area contributed by atoms with Crippen LogP contribution in [0.4, 0.5) is 0 Å². The van der Waals surface area contributed by atoms with Crippen LogP contribution >= 0.6 is 0 Å². The van der Waals surface area contributed by atoms with E-state index in [9.17, 15) is 0 Å². The maximum Gasteiger partial charge on any atom is 0.221 e. The average Bonchev–Trinajstić information content (AvgIpc) is 3.11. The van der Waals surface area contributed by atoms with Gasteiger partial charge in [0, 0.05) is 27.9 Å². The fourth-order valence-electron chi connectivity index (χ4n) is 3.83. The van der Waals surface area contributed by atoms with Crippen LogP contribution in [-0.4, -0.2) is 17.1 Å². The zero-order valence-corrected chi connectivity index (χ0v) is 15.8. The number of hydrogen-bond acceptors (Lipinski definition) is 3. The summed E-state index contributed by atoms with van der Waals surface area (Å²) in [6.45, 7) is 2.68. The van der Waals surface area contributed by atoms with E-state index in [1.165, 1.54) is 5.56 Å². The number of aryl methyl sites for hydroxylation is 1. The molecule has 4 nitrogen and oxygen atoms in total. The summed E-state index contributed by atoms with van der Waals surface area (Å²) in [7, 11) is 1.66. The third kappa shape index (κ3) is 2.65. The highest BCUT2D eigenvalue weighted by molar-refractivity contribution is 6.14. The quantitative estimate of drug-likeness (QED) is 0.438. The summed E-state index contributed by atoms with van der Waals surface area (Å²) in [5, 5.41) is 4.45. The van der Waals surface area contributed by atoms with E-state index in [1.54, 1.807) is 13.3 Å². The van der Waals surface area contributed by atoms with E-state index in [4.69, 9.17) is 9.47 Å². The SMILES string of the molecule is COc1nccc2c(C)c3[nH]c4ccc(OCc5ccccc5)cc4c3cc12. The Morgan fingerprint density at radius 2 is 1.75 bits per heavy atom. The van der Waals surface area contributed by atoms with Crippen molar-refractivity contribution in [3.63, 3.8) is 0 Å². The standard InChI is InChI=1S/C24H20N2O2/c1-15-18-10-11-25-24(27-2)21(18)13-20-19-12-17(8-9-22(19)26-23(15)20)28-14-16-6-4-3-5-7-16/h3-13,26H,14H2,1-2H3. The monoisotopic (exact) mass is 368 g/mol. The van der Waals surface area contributed by atoms with Crippen LogP contribution in [0.2, 0.25) is 0 Å². The molecule has 0 saturated heterocycles. The minimum absolute atomic E-state index is 0.550. The van der Waals surface area contributed by atoms with E-state index in [0.29, 0.717) is 12.5 Å². The molecule has 0 radical (unpaired) electrons. The number of pyridine rings is 1. The Morgan fingerprint density at radius 1 is 0.893 bits per heavy atom. The summed E-state index contributed by atoms with van der Waals surface area (Å²) >= 11 is 0. The van der Waals surface area contributed by atoms with E-state index in [2.05, 4.69) is 47.2 Å². The summed E-state index contributed by atoms with van der Waals surface area (Å²) in [4.78, 5) is 7.92. The molecule has 5 rings (SSSR count). The van der Waals surface area contributed by atoms with Crippen molar-refractivity contribution < 1.29 is 9.47 Å². The molecule has 0 aliphatic carbocycles. The molecule has 4 heteroatoms. The minimum Gasteiger partial charge on any atom is -0.489 e. The van der Waals surface area contributed by atoms with Gasteiger partial charge in [-0.05, 0) is 53.8 Å². The number of benzene rings is 3. The molecular weight excluding hydrogens is 348 g/mol. The molecule has 2 heterocycles. The van der Waals surface area contributed by atoms with Crippen LogP contribution in [0, 0.1) is 6.92 Å². The molecule has 5 aromatic rings. The fourth-order valence-corrected chi connectivity index (χ4v) is 3.83. The lowest BCUT2D eigenvalue weighted by atomic mass is 10.0. The largest absolute Gasteiger partial charge is 0.489 e. The van der Waals surface area contributed by atoms with Gasteiger partial charge in [-0.25, -0.2) is 4.98 Å². The number of nitrogens with one attached hydrogen (secondary N) is 1. The van der Waals surface area contributed by atoms with Gasteiger partial charge in [-0.3, -0.25) is 0 Å². The second-order valence-electron chi connectivity index (χ2n) is 6.95. The Kier molecular flexibility index (Phi) is 3.90. The number of ether oxygens (including phenoxy) is 2. The first-order valence-corrected chi connectivity index (χ1v) is 9.29. The van der Waals surface area contributed by atoms with Gasteiger partial charge in [-0.2, -0.15) is 0 Å². The molecule has 28 heavy (non-hydrogen) atoms. The zero-order chi connectivity index (χ0) is 19.1. The van der Waals surface area contributed by atoms with Crippen LogP contribution in [0.1, 0.15) is 11.1 Å². The Labute approximate surface area is 162 Å². The molecular formula is C24H20N2O2. The second-order valence-corrected chi connectivity index (χ2v) is 6.95. The van der Waals surface area contributed by atoms with Crippen LogP contribution < -0.4 is 9.47 Å². The first kappa shape index (κ1) is 16.6. The molecule has 0 saturated carbocycles.